The fourth-order valence-corrected chi connectivity index (χ4v) is 4.15. The molecule has 0 saturated carbocycles. The van der Waals surface area contributed by atoms with Gasteiger partial charge < -0.3 is 9.30 Å². The Morgan fingerprint density at radius 3 is 2.55 bits per heavy atom. The third-order valence-electron chi connectivity index (χ3n) is 5.80. The zero-order valence-corrected chi connectivity index (χ0v) is 17.4. The number of ether oxygens (including phenoxy) is 1. The molecule has 7 nitrogen and oxygen atoms in total. The fraction of sp³-hybridized carbons (Fsp3) is 0.292. The first-order valence-electron chi connectivity index (χ1n) is 10.5. The smallest absolute Gasteiger partial charge is 0.337 e. The molecule has 31 heavy (non-hydrogen) atoms. The van der Waals surface area contributed by atoms with Gasteiger partial charge in [0.05, 0.1) is 24.7 Å². The summed E-state index contributed by atoms with van der Waals surface area (Å²) in [6, 6.07) is 17.5. The number of aryl methyl sites for hydroxylation is 1. The van der Waals surface area contributed by atoms with Gasteiger partial charge in [0.1, 0.15) is 0 Å². The molecule has 7 heteroatoms. The highest BCUT2D eigenvalue weighted by molar-refractivity contribution is 5.72. The molecule has 1 saturated heterocycles. The van der Waals surface area contributed by atoms with Crippen molar-refractivity contribution >= 4 is 11.2 Å². The largest absolute Gasteiger partial charge is 0.376 e. The predicted molar refractivity (Wildman–Crippen MR) is 119 cm³/mol. The van der Waals surface area contributed by atoms with Crippen molar-refractivity contribution in [1.82, 2.24) is 18.7 Å². The average molecular weight is 416 g/mol. The van der Waals surface area contributed by atoms with Crippen molar-refractivity contribution in [1.29, 1.82) is 0 Å². The van der Waals surface area contributed by atoms with Gasteiger partial charge in [-0.05, 0) is 37.5 Å². The minimum absolute atomic E-state index is 0.124. The number of hydrogen-bond acceptors (Lipinski definition) is 4. The summed E-state index contributed by atoms with van der Waals surface area (Å²) in [6.07, 6.45) is 3.31. The van der Waals surface area contributed by atoms with E-state index in [-0.39, 0.29) is 23.9 Å². The van der Waals surface area contributed by atoms with Gasteiger partial charge in [0, 0.05) is 13.2 Å². The van der Waals surface area contributed by atoms with Crippen LogP contribution < -0.4 is 11.2 Å². The Bertz CT molecular complexity index is 1330. The van der Waals surface area contributed by atoms with E-state index in [4.69, 9.17) is 4.74 Å². The van der Waals surface area contributed by atoms with Gasteiger partial charge >= 0.3 is 5.69 Å². The van der Waals surface area contributed by atoms with Gasteiger partial charge in [-0.15, -0.1) is 0 Å². The van der Waals surface area contributed by atoms with Crippen LogP contribution in [0.3, 0.4) is 0 Å². The van der Waals surface area contributed by atoms with E-state index in [9.17, 15) is 9.59 Å². The molecular formula is C24H24N4O3. The molecule has 0 N–H and O–H groups in total. The Kier molecular flexibility index (Phi) is 5.03. The third-order valence-corrected chi connectivity index (χ3v) is 5.80. The summed E-state index contributed by atoms with van der Waals surface area (Å²) in [6.45, 7) is 3.45. The minimum atomic E-state index is -0.389. The van der Waals surface area contributed by atoms with E-state index >= 15 is 0 Å². The molecule has 1 aliphatic heterocycles. The highest BCUT2D eigenvalue weighted by atomic mass is 16.5. The minimum Gasteiger partial charge on any atom is -0.376 e. The normalized spacial score (nSPS) is 16.2. The number of rotatable bonds is 5. The van der Waals surface area contributed by atoms with Gasteiger partial charge in [-0.2, -0.15) is 0 Å². The van der Waals surface area contributed by atoms with Crippen molar-refractivity contribution in [2.45, 2.75) is 39.0 Å². The van der Waals surface area contributed by atoms with Gasteiger partial charge in [0.25, 0.3) is 5.56 Å². The van der Waals surface area contributed by atoms with Crippen molar-refractivity contribution in [3.8, 4) is 5.69 Å². The van der Waals surface area contributed by atoms with Crippen LogP contribution in [0.2, 0.25) is 0 Å². The predicted octanol–water partition coefficient (Wildman–Crippen LogP) is 2.88. The number of nitrogens with zero attached hydrogens (tertiary/aromatic N) is 4. The summed E-state index contributed by atoms with van der Waals surface area (Å²) in [5.74, 6) is 0. The quantitative estimate of drug-likeness (QED) is 0.502. The second kappa shape index (κ2) is 8.00. The van der Waals surface area contributed by atoms with Crippen LogP contribution in [-0.2, 0) is 17.8 Å². The Labute approximate surface area is 179 Å². The second-order valence-corrected chi connectivity index (χ2v) is 8.03. The molecule has 1 fully saturated rings. The number of imidazole rings is 1. The van der Waals surface area contributed by atoms with Crippen molar-refractivity contribution in [2.24, 2.45) is 0 Å². The molecule has 2 aromatic heterocycles. The van der Waals surface area contributed by atoms with Gasteiger partial charge in [0.2, 0.25) is 0 Å². The average Bonchev–Trinajstić information content (AvgIpc) is 3.44. The standard InChI is InChI=1S/C24H24N4O3/c1-17-9-11-18(12-10-17)14-26-16-25-22-21(26)23(29)27(15-20-8-5-13-31-20)24(30)28(22)19-6-3-2-4-7-19/h2-4,6-7,9-12,16,20H,5,8,13-15H2,1H3. The molecule has 1 aliphatic rings. The molecule has 0 bridgehead atoms. The highest BCUT2D eigenvalue weighted by Gasteiger charge is 2.23. The van der Waals surface area contributed by atoms with Gasteiger partial charge in [-0.25, -0.2) is 14.3 Å². The lowest BCUT2D eigenvalue weighted by molar-refractivity contribution is 0.0950. The number of hydrogen-bond donors (Lipinski definition) is 0. The van der Waals surface area contributed by atoms with Crippen LogP contribution in [0.1, 0.15) is 24.0 Å². The maximum Gasteiger partial charge on any atom is 0.337 e. The molecule has 4 aromatic rings. The van der Waals surface area contributed by atoms with Crippen LogP contribution in [-0.4, -0.2) is 31.4 Å². The topological polar surface area (TPSA) is 71.1 Å². The lowest BCUT2D eigenvalue weighted by atomic mass is 10.1. The molecule has 2 aromatic carbocycles. The van der Waals surface area contributed by atoms with Crippen LogP contribution in [0.25, 0.3) is 16.9 Å². The maximum absolute atomic E-state index is 13.5. The maximum atomic E-state index is 13.5. The Hall–Kier alpha value is -3.45. The molecule has 158 valence electrons. The Morgan fingerprint density at radius 2 is 1.84 bits per heavy atom. The molecule has 1 unspecified atom stereocenters. The van der Waals surface area contributed by atoms with Gasteiger partial charge in [0.15, 0.2) is 11.2 Å². The van der Waals surface area contributed by atoms with E-state index in [1.165, 1.54) is 14.7 Å². The van der Waals surface area contributed by atoms with E-state index in [1.807, 2.05) is 66.1 Å². The fourth-order valence-electron chi connectivity index (χ4n) is 4.15. The Morgan fingerprint density at radius 1 is 1.06 bits per heavy atom. The van der Waals surface area contributed by atoms with E-state index in [1.54, 1.807) is 6.33 Å². The third kappa shape index (κ3) is 3.61. The number of para-hydroxylation sites is 1. The summed E-state index contributed by atoms with van der Waals surface area (Å²) in [5.41, 5.74) is 2.99. The monoisotopic (exact) mass is 416 g/mol. The number of aromatic nitrogens is 4. The summed E-state index contributed by atoms with van der Waals surface area (Å²) in [5, 5.41) is 0. The molecule has 0 radical (unpaired) electrons. The SMILES string of the molecule is Cc1ccc(Cn2cnc3c2c(=O)n(CC2CCCO2)c(=O)n3-c2ccccc2)cc1. The van der Waals surface area contributed by atoms with Crippen LogP contribution in [0, 0.1) is 6.92 Å². The number of benzene rings is 2. The van der Waals surface area contributed by atoms with E-state index < -0.39 is 0 Å². The van der Waals surface area contributed by atoms with Crippen LogP contribution in [0.4, 0.5) is 0 Å². The summed E-state index contributed by atoms with van der Waals surface area (Å²) >= 11 is 0. The van der Waals surface area contributed by atoms with E-state index in [0.29, 0.717) is 30.0 Å². The second-order valence-electron chi connectivity index (χ2n) is 8.03. The van der Waals surface area contributed by atoms with Crippen molar-refractivity contribution in [2.75, 3.05) is 6.61 Å². The Balaban J connectivity index is 1.71. The molecule has 5 rings (SSSR count). The zero-order valence-electron chi connectivity index (χ0n) is 17.4. The molecule has 3 heterocycles. The van der Waals surface area contributed by atoms with Gasteiger partial charge in [-0.1, -0.05) is 48.0 Å². The van der Waals surface area contributed by atoms with Crippen molar-refractivity contribution < 1.29 is 4.74 Å². The zero-order chi connectivity index (χ0) is 21.4. The van der Waals surface area contributed by atoms with Crippen LogP contribution in [0.15, 0.2) is 70.5 Å². The molecule has 0 aliphatic carbocycles. The first-order chi connectivity index (χ1) is 15.1. The summed E-state index contributed by atoms with van der Waals surface area (Å²) in [7, 11) is 0. The van der Waals surface area contributed by atoms with Crippen LogP contribution >= 0.6 is 0 Å². The highest BCUT2D eigenvalue weighted by Crippen LogP contribution is 2.17. The van der Waals surface area contributed by atoms with Gasteiger partial charge in [-0.3, -0.25) is 9.36 Å². The first-order valence-corrected chi connectivity index (χ1v) is 10.5. The van der Waals surface area contributed by atoms with E-state index in [0.717, 1.165) is 18.4 Å². The molecular weight excluding hydrogens is 392 g/mol. The molecule has 0 amide bonds. The summed E-state index contributed by atoms with van der Waals surface area (Å²) < 4.78 is 10.4. The number of fused-ring (bicyclic) bond motifs is 1. The van der Waals surface area contributed by atoms with E-state index in [2.05, 4.69) is 4.98 Å². The van der Waals surface area contributed by atoms with Crippen molar-refractivity contribution in [3.05, 3.63) is 92.9 Å². The first kappa shape index (κ1) is 19.5. The molecule has 0 spiro atoms. The summed E-state index contributed by atoms with van der Waals surface area (Å²) in [4.78, 5) is 31.4. The molecule has 1 atom stereocenters. The van der Waals surface area contributed by atoms with Crippen molar-refractivity contribution in [3.63, 3.8) is 0 Å². The lowest BCUT2D eigenvalue weighted by Crippen LogP contribution is -2.42. The lowest BCUT2D eigenvalue weighted by Gasteiger charge is -2.15. The van der Waals surface area contributed by atoms with Crippen LogP contribution in [0.5, 0.6) is 0 Å².